The number of carbonyl (C=O) groups is 1. The van der Waals surface area contributed by atoms with Gasteiger partial charge in [0.15, 0.2) is 0 Å². The van der Waals surface area contributed by atoms with Crippen LogP contribution in [0.5, 0.6) is 0 Å². The van der Waals surface area contributed by atoms with Crippen molar-refractivity contribution in [1.29, 1.82) is 0 Å². The topological polar surface area (TPSA) is 72.5 Å². The first-order valence-electron chi connectivity index (χ1n) is 6.62. The second-order valence-electron chi connectivity index (χ2n) is 4.89. The van der Waals surface area contributed by atoms with Crippen molar-refractivity contribution in [2.75, 3.05) is 11.8 Å². The summed E-state index contributed by atoms with van der Waals surface area (Å²) in [6.45, 7) is 3.50. The van der Waals surface area contributed by atoms with E-state index in [1.165, 1.54) is 25.3 Å². The molecule has 0 aromatic heterocycles. The van der Waals surface area contributed by atoms with Crippen molar-refractivity contribution < 1.29 is 17.9 Å². The van der Waals surface area contributed by atoms with E-state index < -0.39 is 16.0 Å². The van der Waals surface area contributed by atoms with Gasteiger partial charge in [-0.05, 0) is 43.7 Å². The van der Waals surface area contributed by atoms with Gasteiger partial charge in [0.25, 0.3) is 10.0 Å². The van der Waals surface area contributed by atoms with Gasteiger partial charge < -0.3 is 4.74 Å². The van der Waals surface area contributed by atoms with Crippen LogP contribution in [0.1, 0.15) is 21.5 Å². The van der Waals surface area contributed by atoms with Gasteiger partial charge in [-0.15, -0.1) is 0 Å². The minimum Gasteiger partial charge on any atom is -0.465 e. The molecule has 0 aliphatic heterocycles. The van der Waals surface area contributed by atoms with E-state index in [1.807, 2.05) is 19.1 Å². The number of benzene rings is 2. The Balaban J connectivity index is 2.41. The Labute approximate surface area is 130 Å². The van der Waals surface area contributed by atoms with Gasteiger partial charge in [0.05, 0.1) is 17.6 Å². The second kappa shape index (κ2) is 6.19. The largest absolute Gasteiger partial charge is 0.465 e. The number of methoxy groups -OCH3 is 1. The molecule has 0 atom stereocenters. The van der Waals surface area contributed by atoms with Crippen molar-refractivity contribution in [2.45, 2.75) is 18.7 Å². The molecule has 116 valence electrons. The van der Waals surface area contributed by atoms with E-state index in [9.17, 15) is 13.2 Å². The maximum absolute atomic E-state index is 12.5. The third kappa shape index (κ3) is 3.28. The van der Waals surface area contributed by atoms with Crippen LogP contribution in [0, 0.1) is 13.8 Å². The molecular weight excluding hydrogens is 302 g/mol. The molecule has 0 aliphatic rings. The molecule has 0 bridgehead atoms. The lowest BCUT2D eigenvalue weighted by Gasteiger charge is -2.12. The lowest BCUT2D eigenvalue weighted by molar-refractivity contribution is 0.0599. The Morgan fingerprint density at radius 1 is 1.05 bits per heavy atom. The Hall–Kier alpha value is -2.34. The number of nitrogens with one attached hydrogen (secondary N) is 1. The third-order valence-electron chi connectivity index (χ3n) is 3.28. The number of hydrogen-bond acceptors (Lipinski definition) is 4. The van der Waals surface area contributed by atoms with Crippen LogP contribution in [-0.4, -0.2) is 21.5 Å². The summed E-state index contributed by atoms with van der Waals surface area (Å²) in [5.41, 5.74) is 2.09. The van der Waals surface area contributed by atoms with Gasteiger partial charge in [0, 0.05) is 5.69 Å². The summed E-state index contributed by atoms with van der Waals surface area (Å²) in [6, 6.07) is 11.5. The number of aryl methyl sites for hydroxylation is 1. The van der Waals surface area contributed by atoms with Crippen LogP contribution in [0.25, 0.3) is 0 Å². The van der Waals surface area contributed by atoms with Gasteiger partial charge >= 0.3 is 5.97 Å². The first-order chi connectivity index (χ1) is 10.3. The minimum absolute atomic E-state index is 0.0518. The molecule has 5 nitrogen and oxygen atoms in total. The zero-order chi connectivity index (χ0) is 16.3. The summed E-state index contributed by atoms with van der Waals surface area (Å²) in [7, 11) is -2.52. The van der Waals surface area contributed by atoms with Crippen LogP contribution in [-0.2, 0) is 14.8 Å². The zero-order valence-electron chi connectivity index (χ0n) is 12.6. The summed E-state index contributed by atoms with van der Waals surface area (Å²) in [5.74, 6) is -0.565. The van der Waals surface area contributed by atoms with Gasteiger partial charge in [-0.25, -0.2) is 13.2 Å². The van der Waals surface area contributed by atoms with E-state index in [4.69, 9.17) is 0 Å². The fourth-order valence-electron chi connectivity index (χ4n) is 2.07. The highest BCUT2D eigenvalue weighted by Gasteiger charge is 2.21. The number of ether oxygens (including phenoxy) is 1. The number of rotatable bonds is 4. The van der Waals surface area contributed by atoms with Crippen molar-refractivity contribution in [3.8, 4) is 0 Å². The average Bonchev–Trinajstić information content (AvgIpc) is 2.48. The van der Waals surface area contributed by atoms with Gasteiger partial charge in [-0.1, -0.05) is 23.8 Å². The van der Waals surface area contributed by atoms with Crippen LogP contribution in [0.2, 0.25) is 0 Å². The Morgan fingerprint density at radius 2 is 1.68 bits per heavy atom. The highest BCUT2D eigenvalue weighted by molar-refractivity contribution is 7.92. The summed E-state index contributed by atoms with van der Waals surface area (Å²) in [6.07, 6.45) is 0. The average molecular weight is 319 g/mol. The zero-order valence-corrected chi connectivity index (χ0v) is 13.4. The first kappa shape index (κ1) is 16.0. The summed E-state index contributed by atoms with van der Waals surface area (Å²) < 4.78 is 32.2. The van der Waals surface area contributed by atoms with E-state index in [1.54, 1.807) is 19.1 Å². The molecule has 0 aliphatic carbocycles. The highest BCUT2D eigenvalue weighted by Crippen LogP contribution is 2.22. The van der Waals surface area contributed by atoms with Gasteiger partial charge in [-0.2, -0.15) is 0 Å². The minimum atomic E-state index is -3.78. The number of anilines is 1. The van der Waals surface area contributed by atoms with E-state index in [0.717, 1.165) is 5.56 Å². The fraction of sp³-hybridized carbons (Fsp3) is 0.188. The molecule has 0 saturated heterocycles. The lowest BCUT2D eigenvalue weighted by atomic mass is 10.1. The van der Waals surface area contributed by atoms with Crippen molar-refractivity contribution in [1.82, 2.24) is 0 Å². The smallest absolute Gasteiger partial charge is 0.338 e. The fourth-order valence-corrected chi connectivity index (χ4v) is 3.40. The van der Waals surface area contributed by atoms with Crippen LogP contribution < -0.4 is 4.72 Å². The van der Waals surface area contributed by atoms with E-state index >= 15 is 0 Å². The highest BCUT2D eigenvalue weighted by atomic mass is 32.2. The van der Waals surface area contributed by atoms with Crippen molar-refractivity contribution in [2.24, 2.45) is 0 Å². The van der Waals surface area contributed by atoms with Gasteiger partial charge in [-0.3, -0.25) is 4.72 Å². The molecule has 0 spiro atoms. The number of carbonyl (C=O) groups excluding carboxylic acids is 1. The van der Waals surface area contributed by atoms with Crippen LogP contribution in [0.3, 0.4) is 0 Å². The van der Waals surface area contributed by atoms with Crippen molar-refractivity contribution in [3.63, 3.8) is 0 Å². The molecule has 1 N–H and O–H groups in total. The quantitative estimate of drug-likeness (QED) is 0.880. The van der Waals surface area contributed by atoms with Gasteiger partial charge in [0.2, 0.25) is 0 Å². The number of sulfonamides is 1. The number of esters is 1. The van der Waals surface area contributed by atoms with Crippen molar-refractivity contribution in [3.05, 3.63) is 59.2 Å². The van der Waals surface area contributed by atoms with Gasteiger partial charge in [0.1, 0.15) is 0 Å². The molecule has 0 heterocycles. The second-order valence-corrected chi connectivity index (χ2v) is 6.54. The predicted molar refractivity (Wildman–Crippen MR) is 84.5 cm³/mol. The van der Waals surface area contributed by atoms with E-state index in [2.05, 4.69) is 9.46 Å². The van der Waals surface area contributed by atoms with Crippen LogP contribution in [0.4, 0.5) is 5.69 Å². The first-order valence-corrected chi connectivity index (χ1v) is 8.11. The Kier molecular flexibility index (Phi) is 4.51. The summed E-state index contributed by atoms with van der Waals surface area (Å²) in [4.78, 5) is 11.7. The molecule has 0 unspecified atom stereocenters. The molecule has 0 fully saturated rings. The molecule has 2 rings (SSSR count). The molecule has 2 aromatic rings. The molecule has 2 aromatic carbocycles. The lowest BCUT2D eigenvalue weighted by Crippen LogP contribution is -2.16. The monoisotopic (exact) mass is 319 g/mol. The molecular formula is C16H17NO4S. The predicted octanol–water partition coefficient (Wildman–Crippen LogP) is 2.89. The number of hydrogen-bond donors (Lipinski definition) is 1. The maximum atomic E-state index is 12.5. The Bertz CT molecular complexity index is 795. The summed E-state index contributed by atoms with van der Waals surface area (Å²) >= 11 is 0. The third-order valence-corrected chi connectivity index (χ3v) is 4.81. The van der Waals surface area contributed by atoms with E-state index in [-0.39, 0.29) is 10.5 Å². The molecule has 6 heteroatoms. The molecule has 0 saturated carbocycles. The van der Waals surface area contributed by atoms with Crippen molar-refractivity contribution >= 4 is 21.7 Å². The standard InChI is InChI=1S/C16H17NO4S/c1-11-7-9-13(10-8-11)17-22(19,20)15-6-4-5-14(12(15)2)16(18)21-3/h4-10,17H,1-3H3. The molecule has 22 heavy (non-hydrogen) atoms. The van der Waals surface area contributed by atoms with E-state index in [0.29, 0.717) is 11.3 Å². The Morgan fingerprint density at radius 3 is 2.27 bits per heavy atom. The normalized spacial score (nSPS) is 11.0. The maximum Gasteiger partial charge on any atom is 0.338 e. The molecule has 0 radical (unpaired) electrons. The summed E-state index contributed by atoms with van der Waals surface area (Å²) in [5, 5.41) is 0. The molecule has 0 amide bonds. The van der Waals surface area contributed by atoms with Crippen LogP contribution in [0.15, 0.2) is 47.4 Å². The SMILES string of the molecule is COC(=O)c1cccc(S(=O)(=O)Nc2ccc(C)cc2)c1C. The van der Waals surface area contributed by atoms with Crippen LogP contribution >= 0.6 is 0 Å².